The van der Waals surface area contributed by atoms with Crippen LogP contribution in [-0.4, -0.2) is 10.8 Å². The molecule has 2 N–H and O–H groups in total. The van der Waals surface area contributed by atoms with Crippen molar-refractivity contribution in [1.29, 1.82) is 0 Å². The molecule has 8 nitrogen and oxygen atoms in total. The highest BCUT2D eigenvalue weighted by atomic mass is 16.6. The molecule has 3 rings (SSSR count). The molecule has 0 fully saturated rings. The van der Waals surface area contributed by atoms with Gasteiger partial charge in [0.05, 0.1) is 10.5 Å². The molecule has 0 bridgehead atoms. The van der Waals surface area contributed by atoms with E-state index in [1.807, 2.05) is 6.92 Å². The van der Waals surface area contributed by atoms with Gasteiger partial charge < -0.3 is 14.9 Å². The fourth-order valence-electron chi connectivity index (χ4n) is 2.76. The number of carbonyl (C=O) groups is 1. The molecule has 0 aliphatic rings. The quantitative estimate of drug-likeness (QED) is 0.405. The standard InChI is InChI=1S/C19H16N2O6/c1-2-11-8-18(22)27-17-9-14(5-6-15(11)17)26-10-13-4-3-12(19(20)23)7-16(13)21(24)25/h3-9H,2,10H2,1H3,(H2,20,23). The predicted octanol–water partition coefficient (Wildman–Crippen LogP) is 2.94. The van der Waals surface area contributed by atoms with Crippen molar-refractivity contribution in [3.8, 4) is 5.75 Å². The summed E-state index contributed by atoms with van der Waals surface area (Å²) >= 11 is 0. The van der Waals surface area contributed by atoms with Crippen LogP contribution in [-0.2, 0) is 13.0 Å². The van der Waals surface area contributed by atoms with Gasteiger partial charge in [-0.05, 0) is 36.2 Å². The third kappa shape index (κ3) is 3.79. The van der Waals surface area contributed by atoms with Gasteiger partial charge in [0, 0.05) is 29.1 Å². The second kappa shape index (κ2) is 7.28. The minimum Gasteiger partial charge on any atom is -0.489 e. The maximum absolute atomic E-state index is 11.6. The zero-order valence-corrected chi connectivity index (χ0v) is 14.4. The first-order valence-corrected chi connectivity index (χ1v) is 8.15. The summed E-state index contributed by atoms with van der Waals surface area (Å²) in [6, 6.07) is 10.4. The van der Waals surface area contributed by atoms with Crippen LogP contribution < -0.4 is 16.1 Å². The first kappa shape index (κ1) is 18.1. The van der Waals surface area contributed by atoms with Crippen molar-refractivity contribution in [1.82, 2.24) is 0 Å². The molecule has 138 valence electrons. The maximum Gasteiger partial charge on any atom is 0.336 e. The molecule has 1 heterocycles. The van der Waals surface area contributed by atoms with Gasteiger partial charge in [0.1, 0.15) is 17.9 Å². The molecule has 0 aliphatic carbocycles. The Bertz CT molecular complexity index is 1100. The van der Waals surface area contributed by atoms with Crippen LogP contribution in [0.4, 0.5) is 5.69 Å². The molecular weight excluding hydrogens is 352 g/mol. The largest absolute Gasteiger partial charge is 0.489 e. The highest BCUT2D eigenvalue weighted by molar-refractivity contribution is 5.93. The molecule has 3 aromatic rings. The van der Waals surface area contributed by atoms with Gasteiger partial charge in [-0.25, -0.2) is 4.79 Å². The number of nitro benzene ring substituents is 1. The van der Waals surface area contributed by atoms with Crippen molar-refractivity contribution in [2.75, 3.05) is 0 Å². The normalized spacial score (nSPS) is 10.7. The Labute approximate surface area is 153 Å². The minimum absolute atomic E-state index is 0.0463. The monoisotopic (exact) mass is 368 g/mol. The number of nitrogens with two attached hydrogens (primary N) is 1. The molecular formula is C19H16N2O6. The lowest BCUT2D eigenvalue weighted by Gasteiger charge is -2.09. The number of hydrogen-bond acceptors (Lipinski definition) is 6. The molecule has 0 unspecified atom stereocenters. The van der Waals surface area contributed by atoms with E-state index in [1.165, 1.54) is 18.2 Å². The first-order valence-electron chi connectivity index (χ1n) is 8.15. The van der Waals surface area contributed by atoms with Gasteiger partial charge in [0.25, 0.3) is 5.69 Å². The average Bonchev–Trinajstić information content (AvgIpc) is 2.64. The summed E-state index contributed by atoms with van der Waals surface area (Å²) < 4.78 is 10.8. The molecule has 8 heteroatoms. The third-order valence-corrected chi connectivity index (χ3v) is 4.14. The lowest BCUT2D eigenvalue weighted by Crippen LogP contribution is -2.12. The van der Waals surface area contributed by atoms with E-state index < -0.39 is 16.5 Å². The number of benzene rings is 2. The molecule has 0 saturated heterocycles. The van der Waals surface area contributed by atoms with E-state index in [0.717, 1.165) is 17.0 Å². The number of nitrogens with zero attached hydrogens (tertiary/aromatic N) is 1. The summed E-state index contributed by atoms with van der Waals surface area (Å²) in [5, 5.41) is 12.0. The summed E-state index contributed by atoms with van der Waals surface area (Å²) in [6.07, 6.45) is 0.681. The van der Waals surface area contributed by atoms with Crippen molar-refractivity contribution >= 4 is 22.6 Å². The van der Waals surface area contributed by atoms with Gasteiger partial charge in [0.2, 0.25) is 5.91 Å². The summed E-state index contributed by atoms with van der Waals surface area (Å²) in [4.78, 5) is 33.5. The number of amides is 1. The lowest BCUT2D eigenvalue weighted by molar-refractivity contribution is -0.385. The van der Waals surface area contributed by atoms with E-state index in [2.05, 4.69) is 0 Å². The van der Waals surface area contributed by atoms with Crippen LogP contribution in [0.25, 0.3) is 11.0 Å². The highest BCUT2D eigenvalue weighted by Gasteiger charge is 2.17. The van der Waals surface area contributed by atoms with E-state index in [4.69, 9.17) is 14.9 Å². The van der Waals surface area contributed by atoms with Crippen LogP contribution in [0, 0.1) is 10.1 Å². The SMILES string of the molecule is CCc1cc(=O)oc2cc(OCc3ccc(C(N)=O)cc3[N+](=O)[O-])ccc12. The lowest BCUT2D eigenvalue weighted by atomic mass is 10.1. The van der Waals surface area contributed by atoms with E-state index in [-0.39, 0.29) is 23.4 Å². The Balaban J connectivity index is 1.90. The number of primary amides is 1. The molecule has 0 saturated carbocycles. The predicted molar refractivity (Wildman–Crippen MR) is 97.8 cm³/mol. The molecule has 0 atom stereocenters. The topological polar surface area (TPSA) is 126 Å². The average molecular weight is 368 g/mol. The smallest absolute Gasteiger partial charge is 0.336 e. The molecule has 2 aromatic carbocycles. The molecule has 0 spiro atoms. The van der Waals surface area contributed by atoms with Gasteiger partial charge in [-0.2, -0.15) is 0 Å². The summed E-state index contributed by atoms with van der Waals surface area (Å²) in [6.45, 7) is 1.84. The molecule has 1 amide bonds. The van der Waals surface area contributed by atoms with E-state index in [1.54, 1.807) is 18.2 Å². The van der Waals surface area contributed by atoms with Crippen LogP contribution in [0.15, 0.2) is 51.7 Å². The van der Waals surface area contributed by atoms with Crippen molar-refractivity contribution in [2.24, 2.45) is 5.73 Å². The Morgan fingerprint density at radius 3 is 2.63 bits per heavy atom. The van der Waals surface area contributed by atoms with Crippen molar-refractivity contribution in [3.05, 3.63) is 79.7 Å². The van der Waals surface area contributed by atoms with Gasteiger partial charge in [-0.3, -0.25) is 14.9 Å². The van der Waals surface area contributed by atoms with Crippen LogP contribution in [0.1, 0.15) is 28.4 Å². The first-order chi connectivity index (χ1) is 12.9. The summed E-state index contributed by atoms with van der Waals surface area (Å²) in [7, 11) is 0. The van der Waals surface area contributed by atoms with Crippen LogP contribution in [0.2, 0.25) is 0 Å². The van der Waals surface area contributed by atoms with Gasteiger partial charge in [-0.15, -0.1) is 0 Å². The minimum atomic E-state index is -0.748. The second-order valence-corrected chi connectivity index (χ2v) is 5.86. The number of carbonyl (C=O) groups excluding carboxylic acids is 1. The van der Waals surface area contributed by atoms with Gasteiger partial charge in [-0.1, -0.05) is 6.92 Å². The highest BCUT2D eigenvalue weighted by Crippen LogP contribution is 2.26. The fourth-order valence-corrected chi connectivity index (χ4v) is 2.76. The zero-order chi connectivity index (χ0) is 19.6. The Morgan fingerprint density at radius 2 is 1.96 bits per heavy atom. The van der Waals surface area contributed by atoms with Crippen LogP contribution in [0.3, 0.4) is 0 Å². The number of ether oxygens (including phenoxy) is 1. The number of rotatable bonds is 6. The number of aryl methyl sites for hydroxylation is 1. The Kier molecular flexibility index (Phi) is 4.89. The second-order valence-electron chi connectivity index (χ2n) is 5.86. The molecule has 0 radical (unpaired) electrons. The van der Waals surface area contributed by atoms with E-state index in [0.29, 0.717) is 17.8 Å². The Hall–Kier alpha value is -3.68. The third-order valence-electron chi connectivity index (χ3n) is 4.14. The van der Waals surface area contributed by atoms with Gasteiger partial charge in [0.15, 0.2) is 0 Å². The van der Waals surface area contributed by atoms with Crippen molar-refractivity contribution < 1.29 is 18.9 Å². The van der Waals surface area contributed by atoms with Crippen molar-refractivity contribution in [3.63, 3.8) is 0 Å². The van der Waals surface area contributed by atoms with E-state index in [9.17, 15) is 19.7 Å². The number of hydrogen-bond donors (Lipinski definition) is 1. The number of nitro groups is 1. The number of fused-ring (bicyclic) bond motifs is 1. The molecule has 1 aromatic heterocycles. The van der Waals surface area contributed by atoms with Crippen molar-refractivity contribution in [2.45, 2.75) is 20.0 Å². The maximum atomic E-state index is 11.6. The molecule has 0 aliphatic heterocycles. The molecule has 27 heavy (non-hydrogen) atoms. The zero-order valence-electron chi connectivity index (χ0n) is 14.4. The summed E-state index contributed by atoms with van der Waals surface area (Å²) in [5.41, 5.74) is 6.03. The fraction of sp³-hybridized carbons (Fsp3) is 0.158. The van der Waals surface area contributed by atoms with Crippen LogP contribution in [0.5, 0.6) is 5.75 Å². The summed E-state index contributed by atoms with van der Waals surface area (Å²) in [5.74, 6) is -0.353. The Morgan fingerprint density at radius 1 is 1.19 bits per heavy atom. The van der Waals surface area contributed by atoms with Crippen LogP contribution >= 0.6 is 0 Å². The van der Waals surface area contributed by atoms with Gasteiger partial charge >= 0.3 is 5.63 Å². The van der Waals surface area contributed by atoms with E-state index >= 15 is 0 Å².